The summed E-state index contributed by atoms with van der Waals surface area (Å²) in [6, 6.07) is 0. The van der Waals surface area contributed by atoms with Crippen molar-refractivity contribution in [3.8, 4) is 0 Å². The third-order valence-corrected chi connectivity index (χ3v) is 1.69. The van der Waals surface area contributed by atoms with Gasteiger partial charge in [-0.2, -0.15) is 4.98 Å². The van der Waals surface area contributed by atoms with Crippen LogP contribution >= 0.6 is 11.6 Å². The molecule has 0 spiro atoms. The maximum Gasteiger partial charge on any atom is 0.241 e. The molecule has 0 fully saturated rings. The molecule has 0 amide bonds. The molecule has 7 heteroatoms. The fourth-order valence-corrected chi connectivity index (χ4v) is 1.04. The van der Waals surface area contributed by atoms with Gasteiger partial charge < -0.3 is 10.2 Å². The van der Waals surface area contributed by atoms with Crippen molar-refractivity contribution in [3.05, 3.63) is 17.1 Å². The van der Waals surface area contributed by atoms with Crippen molar-refractivity contribution in [2.24, 2.45) is 0 Å². The molecule has 0 radical (unpaired) electrons. The van der Waals surface area contributed by atoms with Crippen LogP contribution < -0.4 is 5.49 Å². The summed E-state index contributed by atoms with van der Waals surface area (Å²) in [4.78, 5) is 10.2. The van der Waals surface area contributed by atoms with E-state index in [1.54, 1.807) is 0 Å². The molecule has 3 N–H and O–H groups in total. The van der Waals surface area contributed by atoms with E-state index in [9.17, 15) is 0 Å². The van der Waals surface area contributed by atoms with Crippen LogP contribution in [0, 0.1) is 5.41 Å². The number of H-pyrrole nitrogens is 1. The first-order chi connectivity index (χ1) is 5.70. The highest BCUT2D eigenvalue weighted by Crippen LogP contribution is 2.04. The van der Waals surface area contributed by atoms with E-state index >= 15 is 0 Å². The average Bonchev–Trinajstić information content (AvgIpc) is 2.48. The molecule has 2 aromatic rings. The van der Waals surface area contributed by atoms with Gasteiger partial charge >= 0.3 is 0 Å². The van der Waals surface area contributed by atoms with Gasteiger partial charge in [-0.25, -0.2) is 4.98 Å². The normalized spacial score (nSPS) is 10.8. The number of rotatable bonds is 0. The van der Waals surface area contributed by atoms with Gasteiger partial charge in [0.25, 0.3) is 0 Å². The Bertz CT molecular complexity index is 486. The van der Waals surface area contributed by atoms with E-state index < -0.39 is 0 Å². The lowest BCUT2D eigenvalue weighted by molar-refractivity contribution is 0.169. The van der Waals surface area contributed by atoms with Gasteiger partial charge in [0.1, 0.15) is 5.52 Å². The Balaban J connectivity index is 3.05. The minimum atomic E-state index is -0.181. The second-order valence-corrected chi connectivity index (χ2v) is 2.48. The van der Waals surface area contributed by atoms with Crippen molar-refractivity contribution in [1.29, 1.82) is 5.41 Å². The Morgan fingerprint density at radius 3 is 3.17 bits per heavy atom. The van der Waals surface area contributed by atoms with Crippen LogP contribution in [0.4, 0.5) is 0 Å². The summed E-state index contributed by atoms with van der Waals surface area (Å²) < 4.78 is 0.474. The van der Waals surface area contributed by atoms with E-state index in [1.807, 2.05) is 0 Å². The van der Waals surface area contributed by atoms with Gasteiger partial charge in [-0.15, -0.1) is 4.73 Å². The monoisotopic (exact) mass is 185 g/mol. The summed E-state index contributed by atoms with van der Waals surface area (Å²) >= 11 is 5.48. The molecule has 2 rings (SSSR count). The zero-order chi connectivity index (χ0) is 8.72. The van der Waals surface area contributed by atoms with Gasteiger partial charge in [0, 0.05) is 0 Å². The summed E-state index contributed by atoms with van der Waals surface area (Å²) in [5.74, 6) is 0. The molecule has 0 saturated heterocycles. The number of hydrogen-bond acceptors (Lipinski definition) is 4. The summed E-state index contributed by atoms with van der Waals surface area (Å²) in [5.41, 5.74) is 0.500. The summed E-state index contributed by atoms with van der Waals surface area (Å²) in [6.07, 6.45) is 1.38. The number of nitrogens with zero attached hydrogens (tertiary/aromatic N) is 3. The SMILES string of the molecule is N=c1c2[nH]cnc2nc(Cl)n1O. The van der Waals surface area contributed by atoms with E-state index in [0.717, 1.165) is 0 Å². The lowest BCUT2D eigenvalue weighted by Gasteiger charge is -1.98. The maximum atomic E-state index is 9.11. The number of imidazole rings is 1. The average molecular weight is 186 g/mol. The fourth-order valence-electron chi connectivity index (χ4n) is 0.879. The molecular formula is C5H4ClN5O. The molecule has 0 atom stereocenters. The highest BCUT2D eigenvalue weighted by Gasteiger charge is 2.06. The highest BCUT2D eigenvalue weighted by molar-refractivity contribution is 6.28. The Labute approximate surface area is 70.9 Å². The number of fused-ring (bicyclic) bond motifs is 1. The van der Waals surface area contributed by atoms with E-state index in [-0.39, 0.29) is 10.8 Å². The zero-order valence-corrected chi connectivity index (χ0v) is 6.50. The zero-order valence-electron chi connectivity index (χ0n) is 5.74. The highest BCUT2D eigenvalue weighted by atomic mass is 35.5. The number of nitrogens with one attached hydrogen (secondary N) is 2. The van der Waals surface area contributed by atoms with Gasteiger partial charge in [-0.05, 0) is 11.6 Å². The second kappa shape index (κ2) is 2.21. The Morgan fingerprint density at radius 2 is 2.42 bits per heavy atom. The topological polar surface area (TPSA) is 90.6 Å². The molecule has 0 aliphatic rings. The minimum Gasteiger partial charge on any atom is -0.424 e. The maximum absolute atomic E-state index is 9.11. The fraction of sp³-hybridized carbons (Fsp3) is 0. The largest absolute Gasteiger partial charge is 0.424 e. The van der Waals surface area contributed by atoms with Gasteiger partial charge in [-0.3, -0.25) is 5.41 Å². The number of halogens is 1. The van der Waals surface area contributed by atoms with Crippen molar-refractivity contribution in [2.45, 2.75) is 0 Å². The molecular weight excluding hydrogens is 182 g/mol. The molecule has 0 bridgehead atoms. The summed E-state index contributed by atoms with van der Waals surface area (Å²) in [5, 5.41) is 16.3. The summed E-state index contributed by atoms with van der Waals surface area (Å²) in [7, 11) is 0. The van der Waals surface area contributed by atoms with Crippen LogP contribution in [-0.4, -0.2) is 24.9 Å². The molecule has 0 saturated carbocycles. The summed E-state index contributed by atoms with van der Waals surface area (Å²) in [6.45, 7) is 0. The standard InChI is InChI=1S/C5H4ClN5O/c6-5-10-4-2(8-1-9-4)3(7)11(5)12/h1,7,12H,(H,8,9). The van der Waals surface area contributed by atoms with Crippen LogP contribution in [0.3, 0.4) is 0 Å². The number of hydrogen-bond donors (Lipinski definition) is 3. The Kier molecular flexibility index (Phi) is 1.31. The van der Waals surface area contributed by atoms with E-state index in [1.165, 1.54) is 6.33 Å². The van der Waals surface area contributed by atoms with Crippen LogP contribution in [0.1, 0.15) is 0 Å². The minimum absolute atomic E-state index is 0.164. The lowest BCUT2D eigenvalue weighted by Crippen LogP contribution is -2.19. The van der Waals surface area contributed by atoms with E-state index in [2.05, 4.69) is 15.0 Å². The third kappa shape index (κ3) is 0.782. The molecule has 12 heavy (non-hydrogen) atoms. The molecule has 0 aliphatic heterocycles. The van der Waals surface area contributed by atoms with Gasteiger partial charge in [-0.1, -0.05) is 0 Å². The second-order valence-electron chi connectivity index (χ2n) is 2.14. The first-order valence-corrected chi connectivity index (χ1v) is 3.43. The molecule has 0 aliphatic carbocycles. The molecule has 0 aromatic carbocycles. The molecule has 6 nitrogen and oxygen atoms in total. The molecule has 0 unspecified atom stereocenters. The Morgan fingerprint density at radius 1 is 1.67 bits per heavy atom. The molecule has 2 heterocycles. The van der Waals surface area contributed by atoms with Crippen LogP contribution in [0.15, 0.2) is 6.33 Å². The first-order valence-electron chi connectivity index (χ1n) is 3.05. The van der Waals surface area contributed by atoms with Crippen molar-refractivity contribution in [3.63, 3.8) is 0 Å². The molecule has 62 valence electrons. The first kappa shape index (κ1) is 7.11. The quantitative estimate of drug-likeness (QED) is 0.403. The molecule has 2 aromatic heterocycles. The number of aromatic nitrogens is 4. The smallest absolute Gasteiger partial charge is 0.241 e. The van der Waals surface area contributed by atoms with Crippen molar-refractivity contribution >= 4 is 22.8 Å². The van der Waals surface area contributed by atoms with Crippen molar-refractivity contribution < 1.29 is 5.21 Å². The Hall–Kier alpha value is -1.56. The van der Waals surface area contributed by atoms with Crippen LogP contribution in [0.25, 0.3) is 11.2 Å². The van der Waals surface area contributed by atoms with Gasteiger partial charge in [0.05, 0.1) is 6.33 Å². The van der Waals surface area contributed by atoms with Crippen LogP contribution in [-0.2, 0) is 0 Å². The number of aromatic amines is 1. The van der Waals surface area contributed by atoms with Crippen molar-refractivity contribution in [2.75, 3.05) is 0 Å². The van der Waals surface area contributed by atoms with Crippen LogP contribution in [0.5, 0.6) is 0 Å². The van der Waals surface area contributed by atoms with Gasteiger partial charge in [0.15, 0.2) is 11.1 Å². The predicted molar refractivity (Wildman–Crippen MR) is 39.9 cm³/mol. The van der Waals surface area contributed by atoms with Gasteiger partial charge in [0.2, 0.25) is 5.28 Å². The van der Waals surface area contributed by atoms with E-state index in [0.29, 0.717) is 15.9 Å². The van der Waals surface area contributed by atoms with Crippen LogP contribution in [0.2, 0.25) is 5.28 Å². The van der Waals surface area contributed by atoms with E-state index in [4.69, 9.17) is 22.2 Å². The third-order valence-electron chi connectivity index (χ3n) is 1.44. The lowest BCUT2D eigenvalue weighted by atomic mass is 10.5. The van der Waals surface area contributed by atoms with Crippen molar-refractivity contribution in [1.82, 2.24) is 19.7 Å². The predicted octanol–water partition coefficient (Wildman–Crippen LogP) is 0.130.